The molecule has 166 valence electrons. The molecule has 1 aromatic heterocycles. The van der Waals surface area contributed by atoms with Crippen LogP contribution in [0, 0.1) is 0 Å². The number of hydrogen-bond acceptors (Lipinski definition) is 7. The highest BCUT2D eigenvalue weighted by molar-refractivity contribution is 5.98. The summed E-state index contributed by atoms with van der Waals surface area (Å²) in [6.45, 7) is 5.57. The highest BCUT2D eigenvalue weighted by Gasteiger charge is 2.24. The third kappa shape index (κ3) is 7.20. The molecule has 0 unspecified atom stereocenters. The predicted octanol–water partition coefficient (Wildman–Crippen LogP) is 2.76. The van der Waals surface area contributed by atoms with E-state index in [1.807, 2.05) is 20.8 Å². The standard InChI is InChI=1S/C22H28N4O5/c1-22(2,3)21-25-18(31-26-21)8-5-9-19(28)30-13-17(27)23-16-7-4-6-14(12-16)20(29)24-15-10-11-15/h4,6-7,12,15H,5,8-11,13H2,1-3H3,(H,23,27)(H,24,29). The molecule has 0 radical (unpaired) electrons. The molecule has 1 aliphatic rings. The number of carbonyl (C=O) groups excluding carboxylic acids is 3. The first kappa shape index (κ1) is 22.5. The van der Waals surface area contributed by atoms with Crippen LogP contribution in [0.3, 0.4) is 0 Å². The number of esters is 1. The second kappa shape index (κ2) is 9.72. The molecule has 1 heterocycles. The van der Waals surface area contributed by atoms with Crippen LogP contribution < -0.4 is 10.6 Å². The zero-order valence-electron chi connectivity index (χ0n) is 18.1. The number of benzene rings is 1. The molecule has 1 aliphatic carbocycles. The first-order valence-corrected chi connectivity index (χ1v) is 10.4. The predicted molar refractivity (Wildman–Crippen MR) is 112 cm³/mol. The van der Waals surface area contributed by atoms with Gasteiger partial charge >= 0.3 is 5.97 Å². The lowest BCUT2D eigenvalue weighted by Gasteiger charge is -2.10. The second-order valence-corrected chi connectivity index (χ2v) is 8.65. The topological polar surface area (TPSA) is 123 Å². The Bertz CT molecular complexity index is 943. The van der Waals surface area contributed by atoms with Crippen LogP contribution >= 0.6 is 0 Å². The monoisotopic (exact) mass is 428 g/mol. The molecule has 0 bridgehead atoms. The maximum absolute atomic E-state index is 12.1. The number of rotatable bonds is 9. The summed E-state index contributed by atoms with van der Waals surface area (Å²) in [5, 5.41) is 9.46. The highest BCUT2D eigenvalue weighted by atomic mass is 16.5. The van der Waals surface area contributed by atoms with Gasteiger partial charge in [-0.1, -0.05) is 32.0 Å². The molecular weight excluding hydrogens is 400 g/mol. The molecule has 3 rings (SSSR count). The molecule has 9 heteroatoms. The van der Waals surface area contributed by atoms with Crippen LogP contribution in [0.2, 0.25) is 0 Å². The van der Waals surface area contributed by atoms with E-state index in [1.165, 1.54) is 0 Å². The molecule has 9 nitrogen and oxygen atoms in total. The quantitative estimate of drug-likeness (QED) is 0.589. The van der Waals surface area contributed by atoms with E-state index in [0.29, 0.717) is 35.8 Å². The lowest BCUT2D eigenvalue weighted by Crippen LogP contribution is -2.25. The van der Waals surface area contributed by atoms with Gasteiger partial charge in [-0.2, -0.15) is 4.98 Å². The molecular formula is C22H28N4O5. The number of aromatic nitrogens is 2. The number of nitrogens with one attached hydrogen (secondary N) is 2. The van der Waals surface area contributed by atoms with E-state index in [-0.39, 0.29) is 23.8 Å². The van der Waals surface area contributed by atoms with Crippen LogP contribution in [0.1, 0.15) is 68.5 Å². The van der Waals surface area contributed by atoms with Gasteiger partial charge < -0.3 is 19.9 Å². The molecule has 0 saturated heterocycles. The number of carbonyl (C=O) groups is 3. The summed E-state index contributed by atoms with van der Waals surface area (Å²) in [5.74, 6) is -0.0269. The second-order valence-electron chi connectivity index (χ2n) is 8.65. The average molecular weight is 428 g/mol. The molecule has 1 fully saturated rings. The Hall–Kier alpha value is -3.23. The van der Waals surface area contributed by atoms with E-state index in [1.54, 1.807) is 24.3 Å². The van der Waals surface area contributed by atoms with Gasteiger partial charge in [0.25, 0.3) is 11.8 Å². The summed E-state index contributed by atoms with van der Waals surface area (Å²) in [5.41, 5.74) is 0.738. The average Bonchev–Trinajstić information content (AvgIpc) is 3.38. The van der Waals surface area contributed by atoms with Crippen LogP contribution in [0.15, 0.2) is 28.8 Å². The number of anilines is 1. The van der Waals surface area contributed by atoms with Crippen molar-refractivity contribution in [1.82, 2.24) is 15.5 Å². The van der Waals surface area contributed by atoms with Crippen LogP contribution in [-0.4, -0.2) is 40.6 Å². The van der Waals surface area contributed by atoms with E-state index < -0.39 is 18.5 Å². The SMILES string of the molecule is CC(C)(C)c1noc(CCCC(=O)OCC(=O)Nc2cccc(C(=O)NC3CC3)c2)n1. The lowest BCUT2D eigenvalue weighted by molar-refractivity contribution is -0.147. The molecule has 0 atom stereocenters. The highest BCUT2D eigenvalue weighted by Crippen LogP contribution is 2.20. The van der Waals surface area contributed by atoms with Crippen LogP contribution in [-0.2, 0) is 26.2 Å². The molecule has 31 heavy (non-hydrogen) atoms. The Morgan fingerprint density at radius 3 is 2.68 bits per heavy atom. The number of nitrogens with zero attached hydrogens (tertiary/aromatic N) is 2. The Balaban J connectivity index is 1.37. The maximum Gasteiger partial charge on any atom is 0.306 e. The van der Waals surface area contributed by atoms with Crippen molar-refractivity contribution < 1.29 is 23.6 Å². The van der Waals surface area contributed by atoms with Gasteiger partial charge in [-0.15, -0.1) is 0 Å². The van der Waals surface area contributed by atoms with Crippen molar-refractivity contribution in [3.8, 4) is 0 Å². The molecule has 1 saturated carbocycles. The van der Waals surface area contributed by atoms with Crippen LogP contribution in [0.5, 0.6) is 0 Å². The van der Waals surface area contributed by atoms with E-state index >= 15 is 0 Å². The van der Waals surface area contributed by atoms with Gasteiger partial charge in [-0.3, -0.25) is 14.4 Å². The summed E-state index contributed by atoms with van der Waals surface area (Å²) in [6.07, 6.45) is 3.07. The molecule has 2 amide bonds. The van der Waals surface area contributed by atoms with Gasteiger partial charge in [0.2, 0.25) is 5.89 Å². The Kier molecular flexibility index (Phi) is 7.04. The molecule has 0 spiro atoms. The van der Waals surface area contributed by atoms with Crippen molar-refractivity contribution in [2.24, 2.45) is 0 Å². The van der Waals surface area contributed by atoms with E-state index in [2.05, 4.69) is 20.8 Å². The number of hydrogen-bond donors (Lipinski definition) is 2. The first-order chi connectivity index (χ1) is 14.7. The summed E-state index contributed by atoms with van der Waals surface area (Å²) in [7, 11) is 0. The summed E-state index contributed by atoms with van der Waals surface area (Å²) in [6, 6.07) is 6.88. The normalized spacial score (nSPS) is 13.5. The third-order valence-corrected chi connectivity index (χ3v) is 4.60. The smallest absolute Gasteiger partial charge is 0.306 e. The fourth-order valence-electron chi connectivity index (χ4n) is 2.69. The fourth-order valence-corrected chi connectivity index (χ4v) is 2.69. The van der Waals surface area contributed by atoms with Crippen molar-refractivity contribution in [3.63, 3.8) is 0 Å². The zero-order chi connectivity index (χ0) is 22.4. The van der Waals surface area contributed by atoms with Crippen molar-refractivity contribution in [1.29, 1.82) is 0 Å². The van der Waals surface area contributed by atoms with Crippen molar-refractivity contribution in [2.45, 2.75) is 64.3 Å². The Morgan fingerprint density at radius 1 is 1.23 bits per heavy atom. The first-order valence-electron chi connectivity index (χ1n) is 10.4. The van der Waals surface area contributed by atoms with Crippen molar-refractivity contribution in [2.75, 3.05) is 11.9 Å². The summed E-state index contributed by atoms with van der Waals surface area (Å²) >= 11 is 0. The van der Waals surface area contributed by atoms with Gasteiger partial charge in [-0.25, -0.2) is 0 Å². The van der Waals surface area contributed by atoms with E-state index in [0.717, 1.165) is 12.8 Å². The van der Waals surface area contributed by atoms with E-state index in [4.69, 9.17) is 9.26 Å². The van der Waals surface area contributed by atoms with Gasteiger partial charge in [-0.05, 0) is 37.5 Å². The van der Waals surface area contributed by atoms with Crippen molar-refractivity contribution >= 4 is 23.5 Å². The van der Waals surface area contributed by atoms with Gasteiger partial charge in [0, 0.05) is 35.5 Å². The Morgan fingerprint density at radius 2 is 2.00 bits per heavy atom. The summed E-state index contributed by atoms with van der Waals surface area (Å²) < 4.78 is 10.2. The number of aryl methyl sites for hydroxylation is 1. The molecule has 0 aliphatic heterocycles. The zero-order valence-corrected chi connectivity index (χ0v) is 18.1. The van der Waals surface area contributed by atoms with Crippen molar-refractivity contribution in [3.05, 3.63) is 41.5 Å². The van der Waals surface area contributed by atoms with Gasteiger partial charge in [0.05, 0.1) is 0 Å². The fraction of sp³-hybridized carbons (Fsp3) is 0.500. The van der Waals surface area contributed by atoms with Crippen LogP contribution in [0.4, 0.5) is 5.69 Å². The maximum atomic E-state index is 12.1. The van der Waals surface area contributed by atoms with Gasteiger partial charge in [0.1, 0.15) is 0 Å². The van der Waals surface area contributed by atoms with E-state index in [9.17, 15) is 14.4 Å². The molecule has 2 aromatic rings. The number of amides is 2. The minimum atomic E-state index is -0.483. The minimum absolute atomic E-state index is 0.136. The number of ether oxygens (including phenoxy) is 1. The lowest BCUT2D eigenvalue weighted by atomic mass is 9.96. The van der Waals surface area contributed by atoms with Crippen LogP contribution in [0.25, 0.3) is 0 Å². The largest absolute Gasteiger partial charge is 0.456 e. The van der Waals surface area contributed by atoms with Gasteiger partial charge in [0.15, 0.2) is 12.4 Å². The molecule has 2 N–H and O–H groups in total. The third-order valence-electron chi connectivity index (χ3n) is 4.60. The Labute approximate surface area is 180 Å². The summed E-state index contributed by atoms with van der Waals surface area (Å²) in [4.78, 5) is 40.3. The molecule has 1 aromatic carbocycles. The minimum Gasteiger partial charge on any atom is -0.456 e.